The van der Waals surface area contributed by atoms with Gasteiger partial charge in [0.15, 0.2) is 0 Å². The molecule has 1 unspecified atom stereocenters. The van der Waals surface area contributed by atoms with E-state index in [1.165, 1.54) is 0 Å². The van der Waals surface area contributed by atoms with Crippen LogP contribution < -0.4 is 5.32 Å². The molecule has 5 nitrogen and oxygen atoms in total. The van der Waals surface area contributed by atoms with Gasteiger partial charge in [0.25, 0.3) is 0 Å². The van der Waals surface area contributed by atoms with Crippen molar-refractivity contribution in [2.24, 2.45) is 0 Å². The Labute approximate surface area is 86.4 Å². The van der Waals surface area contributed by atoms with Crippen LogP contribution in [0.2, 0.25) is 0 Å². The van der Waals surface area contributed by atoms with E-state index in [1.807, 2.05) is 11.4 Å². The molecule has 0 aliphatic carbocycles. The normalized spacial score (nSPS) is 11.8. The molecule has 1 atom stereocenters. The van der Waals surface area contributed by atoms with Gasteiger partial charge in [-0.25, -0.2) is 4.79 Å². The van der Waals surface area contributed by atoms with Crippen LogP contribution >= 0.6 is 0 Å². The summed E-state index contributed by atoms with van der Waals surface area (Å²) in [6.07, 6.45) is -1.80. The molecule has 1 aromatic carbocycles. The maximum absolute atomic E-state index is 11.2. The smallest absolute Gasteiger partial charge is 0.353 e. The van der Waals surface area contributed by atoms with E-state index >= 15 is 0 Å². The van der Waals surface area contributed by atoms with Crippen molar-refractivity contribution in [1.82, 2.24) is 5.32 Å². The topological polar surface area (TPSA) is 86.6 Å². The van der Waals surface area contributed by atoms with Gasteiger partial charge >= 0.3 is 5.97 Å². The number of aliphatic carboxylic acids is 1. The number of rotatable bonds is 4. The summed E-state index contributed by atoms with van der Waals surface area (Å²) in [5, 5.41) is 19.1. The Balaban J connectivity index is 2.47. The number of carboxylic acid groups (broad SMARTS) is 1. The molecule has 1 amide bonds. The molecule has 0 heterocycles. The minimum atomic E-state index is -1.85. The number of hydrogen-bond acceptors (Lipinski definition) is 3. The fourth-order valence-electron chi connectivity index (χ4n) is 1.05. The van der Waals surface area contributed by atoms with E-state index in [0.717, 1.165) is 5.56 Å². The third-order valence-corrected chi connectivity index (χ3v) is 1.74. The van der Waals surface area contributed by atoms with Crippen LogP contribution in [0.15, 0.2) is 30.3 Å². The second-order valence-electron chi connectivity index (χ2n) is 2.97. The van der Waals surface area contributed by atoms with Gasteiger partial charge in [-0.15, -0.1) is 0 Å². The lowest BCUT2D eigenvalue weighted by molar-refractivity contribution is -0.151. The lowest BCUT2D eigenvalue weighted by atomic mass is 10.1. The zero-order valence-corrected chi connectivity index (χ0v) is 7.88. The molecular formula is C10H11NO4. The number of carbonyl (C=O) groups excluding carboxylic acids is 1. The summed E-state index contributed by atoms with van der Waals surface area (Å²) in [6.45, 7) is 0. The molecule has 0 bridgehead atoms. The summed E-state index contributed by atoms with van der Waals surface area (Å²) < 4.78 is 0. The van der Waals surface area contributed by atoms with Gasteiger partial charge in [-0.05, 0) is 5.56 Å². The molecule has 1 aromatic rings. The highest BCUT2D eigenvalue weighted by molar-refractivity contribution is 5.83. The Morgan fingerprint density at radius 3 is 2.40 bits per heavy atom. The molecule has 0 spiro atoms. The second kappa shape index (κ2) is 5.11. The van der Waals surface area contributed by atoms with E-state index in [9.17, 15) is 9.59 Å². The van der Waals surface area contributed by atoms with Gasteiger partial charge < -0.3 is 15.5 Å². The molecule has 80 valence electrons. The first-order valence-corrected chi connectivity index (χ1v) is 4.34. The minimum Gasteiger partial charge on any atom is -0.478 e. The lowest BCUT2D eigenvalue weighted by Crippen LogP contribution is -2.41. The van der Waals surface area contributed by atoms with Crippen molar-refractivity contribution in [3.63, 3.8) is 0 Å². The molecule has 0 aliphatic rings. The van der Waals surface area contributed by atoms with Crippen LogP contribution in [0.1, 0.15) is 5.56 Å². The molecule has 0 aromatic heterocycles. The number of aliphatic hydroxyl groups is 1. The van der Waals surface area contributed by atoms with Gasteiger partial charge in [-0.3, -0.25) is 4.79 Å². The number of amides is 1. The Hall–Kier alpha value is -1.88. The summed E-state index contributed by atoms with van der Waals surface area (Å²) in [5.41, 5.74) is 0.757. The predicted octanol–water partition coefficient (Wildman–Crippen LogP) is -0.252. The minimum absolute atomic E-state index is 0.0468. The van der Waals surface area contributed by atoms with Gasteiger partial charge in [0.2, 0.25) is 12.1 Å². The maximum atomic E-state index is 11.2. The number of aliphatic hydroxyl groups excluding tert-OH is 1. The Morgan fingerprint density at radius 1 is 1.27 bits per heavy atom. The molecule has 1 rings (SSSR count). The Bertz CT molecular complexity index is 350. The van der Waals surface area contributed by atoms with Crippen molar-refractivity contribution in [2.75, 3.05) is 0 Å². The van der Waals surface area contributed by atoms with E-state index in [-0.39, 0.29) is 6.42 Å². The van der Waals surface area contributed by atoms with Crippen LogP contribution in [-0.4, -0.2) is 28.3 Å². The zero-order chi connectivity index (χ0) is 11.3. The van der Waals surface area contributed by atoms with Gasteiger partial charge in [-0.2, -0.15) is 0 Å². The first-order chi connectivity index (χ1) is 7.09. The van der Waals surface area contributed by atoms with Crippen molar-refractivity contribution in [3.05, 3.63) is 35.9 Å². The molecule has 15 heavy (non-hydrogen) atoms. The van der Waals surface area contributed by atoms with E-state index < -0.39 is 18.1 Å². The maximum Gasteiger partial charge on any atom is 0.353 e. The molecule has 0 fully saturated rings. The fourth-order valence-corrected chi connectivity index (χ4v) is 1.05. The van der Waals surface area contributed by atoms with Crippen molar-refractivity contribution < 1.29 is 19.8 Å². The summed E-state index contributed by atoms with van der Waals surface area (Å²) in [6, 6.07) is 8.85. The molecule has 0 saturated carbocycles. The van der Waals surface area contributed by atoms with Crippen LogP contribution in [0.25, 0.3) is 0 Å². The van der Waals surface area contributed by atoms with Crippen LogP contribution in [-0.2, 0) is 16.0 Å². The quantitative estimate of drug-likeness (QED) is 0.597. The molecule has 0 radical (unpaired) electrons. The van der Waals surface area contributed by atoms with Crippen LogP contribution in [0.5, 0.6) is 0 Å². The van der Waals surface area contributed by atoms with Crippen molar-refractivity contribution in [3.8, 4) is 0 Å². The number of hydrogen-bond donors (Lipinski definition) is 3. The number of carbonyl (C=O) groups is 2. The van der Waals surface area contributed by atoms with Crippen LogP contribution in [0, 0.1) is 0 Å². The highest BCUT2D eigenvalue weighted by Gasteiger charge is 2.15. The summed E-state index contributed by atoms with van der Waals surface area (Å²) in [4.78, 5) is 21.4. The van der Waals surface area contributed by atoms with E-state index in [1.54, 1.807) is 24.3 Å². The van der Waals surface area contributed by atoms with E-state index in [4.69, 9.17) is 10.2 Å². The van der Waals surface area contributed by atoms with Crippen LogP contribution in [0.4, 0.5) is 0 Å². The molecule has 0 saturated heterocycles. The summed E-state index contributed by atoms with van der Waals surface area (Å²) in [7, 11) is 0. The SMILES string of the molecule is O=C(Cc1ccccc1)NC(O)C(=O)O. The number of carboxylic acids is 1. The van der Waals surface area contributed by atoms with Gasteiger partial charge in [0.05, 0.1) is 6.42 Å². The third kappa shape index (κ3) is 3.78. The summed E-state index contributed by atoms with van der Waals surface area (Å²) >= 11 is 0. The zero-order valence-electron chi connectivity index (χ0n) is 7.88. The molecule has 3 N–H and O–H groups in total. The monoisotopic (exact) mass is 209 g/mol. The Kier molecular flexibility index (Phi) is 3.82. The van der Waals surface area contributed by atoms with E-state index in [2.05, 4.69) is 0 Å². The van der Waals surface area contributed by atoms with E-state index in [0.29, 0.717) is 0 Å². The predicted molar refractivity (Wildman–Crippen MR) is 51.9 cm³/mol. The van der Waals surface area contributed by atoms with Gasteiger partial charge in [0.1, 0.15) is 0 Å². The molecule has 0 aliphatic heterocycles. The Morgan fingerprint density at radius 2 is 1.87 bits per heavy atom. The highest BCUT2D eigenvalue weighted by atomic mass is 16.4. The number of nitrogens with one attached hydrogen (secondary N) is 1. The van der Waals surface area contributed by atoms with Crippen molar-refractivity contribution in [2.45, 2.75) is 12.6 Å². The van der Waals surface area contributed by atoms with Crippen molar-refractivity contribution in [1.29, 1.82) is 0 Å². The molecule has 5 heteroatoms. The third-order valence-electron chi connectivity index (χ3n) is 1.74. The largest absolute Gasteiger partial charge is 0.478 e. The average molecular weight is 209 g/mol. The lowest BCUT2D eigenvalue weighted by Gasteiger charge is -2.07. The fraction of sp³-hybridized carbons (Fsp3) is 0.200. The first kappa shape index (κ1) is 11.2. The highest BCUT2D eigenvalue weighted by Crippen LogP contribution is 1.99. The van der Waals surface area contributed by atoms with Gasteiger partial charge in [-0.1, -0.05) is 30.3 Å². The first-order valence-electron chi connectivity index (χ1n) is 4.34. The summed E-state index contributed by atoms with van der Waals surface area (Å²) in [5.74, 6) is -2.01. The molecular weight excluding hydrogens is 198 g/mol. The average Bonchev–Trinajstić information content (AvgIpc) is 2.18. The van der Waals surface area contributed by atoms with Crippen LogP contribution in [0.3, 0.4) is 0 Å². The van der Waals surface area contributed by atoms with Crippen molar-refractivity contribution >= 4 is 11.9 Å². The second-order valence-corrected chi connectivity index (χ2v) is 2.97. The number of benzene rings is 1. The standard InChI is InChI=1S/C10H11NO4/c12-8(11-9(13)10(14)15)6-7-4-2-1-3-5-7/h1-5,9,13H,6H2,(H,11,12)(H,14,15). The van der Waals surface area contributed by atoms with Gasteiger partial charge in [0, 0.05) is 0 Å².